The molecule has 1 aromatic carbocycles. The van der Waals surface area contributed by atoms with Crippen molar-refractivity contribution in [2.75, 3.05) is 19.7 Å². The molecule has 0 amide bonds. The van der Waals surface area contributed by atoms with Crippen LogP contribution in [0.5, 0.6) is 5.75 Å². The molecule has 0 unspecified atom stereocenters. The Bertz CT molecular complexity index is 621. The second kappa shape index (κ2) is 6.05. The number of aromatic nitrogens is 3. The first kappa shape index (κ1) is 13.8. The first-order valence-corrected chi connectivity index (χ1v) is 7.11. The lowest BCUT2D eigenvalue weighted by atomic mass is 10.1. The molecular formula is C15H18N4O2. The summed E-state index contributed by atoms with van der Waals surface area (Å²) in [6, 6.07) is 7.31. The van der Waals surface area contributed by atoms with E-state index in [1.54, 1.807) is 6.33 Å². The van der Waals surface area contributed by atoms with Crippen LogP contribution in [0.3, 0.4) is 0 Å². The summed E-state index contributed by atoms with van der Waals surface area (Å²) in [6.45, 7) is 5.31. The third-order valence-corrected chi connectivity index (χ3v) is 3.57. The molecule has 2 aromatic rings. The minimum Gasteiger partial charge on any atom is -0.494 e. The topological polar surface area (TPSA) is 60.2 Å². The quantitative estimate of drug-likeness (QED) is 0.777. The Balaban J connectivity index is 1.61. The minimum absolute atomic E-state index is 0.117. The van der Waals surface area contributed by atoms with Crippen LogP contribution >= 0.6 is 0 Å². The van der Waals surface area contributed by atoms with Crippen LogP contribution in [0.1, 0.15) is 23.1 Å². The molecule has 0 spiro atoms. The Morgan fingerprint density at radius 3 is 2.86 bits per heavy atom. The summed E-state index contributed by atoms with van der Waals surface area (Å²) < 4.78 is 7.41. The van der Waals surface area contributed by atoms with Gasteiger partial charge in [-0.05, 0) is 31.2 Å². The van der Waals surface area contributed by atoms with Crippen LogP contribution in [0, 0.1) is 0 Å². The van der Waals surface area contributed by atoms with E-state index in [0.717, 1.165) is 24.7 Å². The van der Waals surface area contributed by atoms with Gasteiger partial charge >= 0.3 is 0 Å². The molecule has 0 saturated heterocycles. The highest BCUT2D eigenvalue weighted by atomic mass is 16.5. The van der Waals surface area contributed by atoms with Gasteiger partial charge in [-0.15, -0.1) is 10.2 Å². The predicted octanol–water partition coefficient (Wildman–Crippen LogP) is 1.38. The number of hydrogen-bond donors (Lipinski definition) is 0. The highest BCUT2D eigenvalue weighted by Crippen LogP contribution is 2.14. The van der Waals surface area contributed by atoms with Gasteiger partial charge in [0.05, 0.1) is 19.7 Å². The maximum absolute atomic E-state index is 12.3. The Labute approximate surface area is 123 Å². The fraction of sp³-hybridized carbons (Fsp3) is 0.400. The van der Waals surface area contributed by atoms with Gasteiger partial charge in [0.1, 0.15) is 17.9 Å². The number of Topliss-reactive ketones (excluding diaryl/α,β-unsaturated/α-hetero) is 1. The lowest BCUT2D eigenvalue weighted by Crippen LogP contribution is -2.37. The Kier molecular flexibility index (Phi) is 3.96. The monoisotopic (exact) mass is 286 g/mol. The normalized spacial score (nSPS) is 14.7. The van der Waals surface area contributed by atoms with Crippen LogP contribution in [0.15, 0.2) is 30.6 Å². The van der Waals surface area contributed by atoms with Crippen molar-refractivity contribution in [2.45, 2.75) is 20.0 Å². The van der Waals surface area contributed by atoms with Gasteiger partial charge in [-0.25, -0.2) is 0 Å². The molecule has 0 N–H and O–H groups in total. The molecule has 0 saturated carbocycles. The van der Waals surface area contributed by atoms with E-state index in [2.05, 4.69) is 15.1 Å². The van der Waals surface area contributed by atoms with Crippen LogP contribution in [0.2, 0.25) is 0 Å². The Morgan fingerprint density at radius 2 is 2.10 bits per heavy atom. The predicted molar refractivity (Wildman–Crippen MR) is 77.2 cm³/mol. The van der Waals surface area contributed by atoms with Crippen molar-refractivity contribution in [3.63, 3.8) is 0 Å². The molecule has 0 atom stereocenters. The second-order valence-corrected chi connectivity index (χ2v) is 5.03. The zero-order chi connectivity index (χ0) is 14.7. The zero-order valence-corrected chi connectivity index (χ0v) is 12.0. The number of carbonyl (C=O) groups is 1. The second-order valence-electron chi connectivity index (χ2n) is 5.03. The van der Waals surface area contributed by atoms with Gasteiger partial charge in [0.25, 0.3) is 0 Å². The van der Waals surface area contributed by atoms with Gasteiger partial charge in [0.15, 0.2) is 5.78 Å². The van der Waals surface area contributed by atoms with E-state index in [-0.39, 0.29) is 5.78 Å². The first-order chi connectivity index (χ1) is 10.3. The van der Waals surface area contributed by atoms with Crippen molar-refractivity contribution in [3.05, 3.63) is 42.0 Å². The van der Waals surface area contributed by atoms with E-state index in [0.29, 0.717) is 25.3 Å². The number of rotatable bonds is 5. The number of carbonyl (C=O) groups excluding carboxylic acids is 1. The first-order valence-electron chi connectivity index (χ1n) is 7.11. The van der Waals surface area contributed by atoms with E-state index in [1.165, 1.54) is 0 Å². The number of ketones is 1. The summed E-state index contributed by atoms with van der Waals surface area (Å²) in [5, 5.41) is 7.95. The Morgan fingerprint density at radius 1 is 1.29 bits per heavy atom. The number of benzene rings is 1. The fourth-order valence-electron chi connectivity index (χ4n) is 2.45. The molecule has 1 aliphatic rings. The van der Waals surface area contributed by atoms with Crippen LogP contribution < -0.4 is 4.74 Å². The van der Waals surface area contributed by atoms with Crippen molar-refractivity contribution >= 4 is 5.78 Å². The zero-order valence-electron chi connectivity index (χ0n) is 12.0. The molecule has 0 bridgehead atoms. The van der Waals surface area contributed by atoms with Crippen molar-refractivity contribution in [3.8, 4) is 5.75 Å². The average molecular weight is 286 g/mol. The smallest absolute Gasteiger partial charge is 0.176 e. The molecule has 0 fully saturated rings. The van der Waals surface area contributed by atoms with E-state index in [9.17, 15) is 4.79 Å². The van der Waals surface area contributed by atoms with Crippen molar-refractivity contribution < 1.29 is 9.53 Å². The molecular weight excluding hydrogens is 268 g/mol. The standard InChI is InChI=1S/C15H18N4O2/c1-2-21-13-5-3-12(4-6-13)14(20)9-18-7-8-19-11-16-17-15(19)10-18/h3-6,11H,2,7-10H2,1H3. The van der Waals surface area contributed by atoms with Gasteiger partial charge in [-0.3, -0.25) is 9.69 Å². The van der Waals surface area contributed by atoms with Gasteiger partial charge in [-0.1, -0.05) is 0 Å². The van der Waals surface area contributed by atoms with Gasteiger partial charge in [-0.2, -0.15) is 0 Å². The summed E-state index contributed by atoms with van der Waals surface area (Å²) in [7, 11) is 0. The van der Waals surface area contributed by atoms with Crippen molar-refractivity contribution in [2.24, 2.45) is 0 Å². The molecule has 1 aromatic heterocycles. The highest BCUT2D eigenvalue weighted by molar-refractivity contribution is 5.97. The summed E-state index contributed by atoms with van der Waals surface area (Å²) >= 11 is 0. The Hall–Kier alpha value is -2.21. The van der Waals surface area contributed by atoms with Gasteiger partial charge in [0, 0.05) is 18.7 Å². The number of nitrogens with zero attached hydrogens (tertiary/aromatic N) is 4. The summed E-state index contributed by atoms with van der Waals surface area (Å²) in [5.74, 6) is 1.83. The average Bonchev–Trinajstić information content (AvgIpc) is 2.96. The van der Waals surface area contributed by atoms with Crippen LogP contribution in [-0.2, 0) is 13.1 Å². The highest BCUT2D eigenvalue weighted by Gasteiger charge is 2.20. The van der Waals surface area contributed by atoms with E-state index < -0.39 is 0 Å². The van der Waals surface area contributed by atoms with Crippen LogP contribution in [0.25, 0.3) is 0 Å². The maximum Gasteiger partial charge on any atom is 0.176 e. The summed E-state index contributed by atoms with van der Waals surface area (Å²) in [6.07, 6.45) is 1.74. The molecule has 110 valence electrons. The largest absolute Gasteiger partial charge is 0.494 e. The molecule has 21 heavy (non-hydrogen) atoms. The maximum atomic E-state index is 12.3. The fourth-order valence-corrected chi connectivity index (χ4v) is 2.45. The number of fused-ring (bicyclic) bond motifs is 1. The van der Waals surface area contributed by atoms with Crippen molar-refractivity contribution in [1.29, 1.82) is 0 Å². The molecule has 2 heterocycles. The van der Waals surface area contributed by atoms with E-state index >= 15 is 0 Å². The molecule has 6 heteroatoms. The third-order valence-electron chi connectivity index (χ3n) is 3.57. The van der Waals surface area contributed by atoms with Crippen LogP contribution in [-0.4, -0.2) is 45.1 Å². The molecule has 0 radical (unpaired) electrons. The van der Waals surface area contributed by atoms with E-state index in [4.69, 9.17) is 4.74 Å². The minimum atomic E-state index is 0.117. The van der Waals surface area contributed by atoms with E-state index in [1.807, 2.05) is 35.8 Å². The van der Waals surface area contributed by atoms with Gasteiger partial charge < -0.3 is 9.30 Å². The third kappa shape index (κ3) is 3.11. The van der Waals surface area contributed by atoms with Crippen molar-refractivity contribution in [1.82, 2.24) is 19.7 Å². The van der Waals surface area contributed by atoms with Gasteiger partial charge in [0.2, 0.25) is 0 Å². The molecule has 0 aliphatic carbocycles. The lowest BCUT2D eigenvalue weighted by molar-refractivity contribution is 0.0908. The molecule has 6 nitrogen and oxygen atoms in total. The molecule has 3 rings (SSSR count). The number of ether oxygens (including phenoxy) is 1. The lowest BCUT2D eigenvalue weighted by Gasteiger charge is -2.26. The summed E-state index contributed by atoms with van der Waals surface area (Å²) in [4.78, 5) is 14.4. The molecule has 1 aliphatic heterocycles. The van der Waals surface area contributed by atoms with Crippen LogP contribution in [0.4, 0.5) is 0 Å². The SMILES string of the molecule is CCOc1ccc(C(=O)CN2CCn3cnnc3C2)cc1. The summed E-state index contributed by atoms with van der Waals surface area (Å²) in [5.41, 5.74) is 0.713. The number of hydrogen-bond acceptors (Lipinski definition) is 5.